The topological polar surface area (TPSA) is 58.7 Å². The maximum absolute atomic E-state index is 14.5. The van der Waals surface area contributed by atoms with Crippen LogP contribution >= 0.6 is 23.4 Å². The molecule has 1 spiro atoms. The number of halogens is 3. The van der Waals surface area contributed by atoms with E-state index in [1.54, 1.807) is 0 Å². The Kier molecular flexibility index (Phi) is 5.40. The highest BCUT2D eigenvalue weighted by Crippen LogP contribution is 2.57. The zero-order chi connectivity index (χ0) is 20.8. The Morgan fingerprint density at radius 1 is 1.34 bits per heavy atom. The van der Waals surface area contributed by atoms with Crippen LogP contribution in [0, 0.1) is 17.6 Å². The Bertz CT molecular complexity index is 1020. The molecule has 2 atom stereocenters. The van der Waals surface area contributed by atoms with Crippen molar-refractivity contribution in [2.45, 2.75) is 31.1 Å². The van der Waals surface area contributed by atoms with E-state index in [0.717, 1.165) is 42.2 Å². The van der Waals surface area contributed by atoms with Crippen LogP contribution in [0.25, 0.3) is 0 Å². The first-order valence-electron chi connectivity index (χ1n) is 9.39. The first-order valence-corrected chi connectivity index (χ1v) is 10.6. The first-order chi connectivity index (χ1) is 13.9. The number of benzene rings is 2. The predicted octanol–water partition coefficient (Wildman–Crippen LogP) is 4.64. The molecule has 8 heteroatoms. The van der Waals surface area contributed by atoms with Gasteiger partial charge >= 0.3 is 0 Å². The number of fused-ring (bicyclic) bond motifs is 2. The molecule has 29 heavy (non-hydrogen) atoms. The fourth-order valence-corrected chi connectivity index (χ4v) is 6.08. The second kappa shape index (κ2) is 7.70. The molecule has 2 N–H and O–H groups in total. The minimum atomic E-state index is -0.891. The Morgan fingerprint density at radius 2 is 2.14 bits per heavy atom. The standard InChI is InChI=1S/C21H20ClF2N3OS/c1-12(28)27-21(29-20(26-27)17-11-16(23)6-7-19(17)24)14(8-9-25)4-2-13-3-5-15(22)10-18(13)21/h3,5-7,10-11,14H,2,4,8-9,25H2,1H3/t14-,21-/m0/s1. The van der Waals surface area contributed by atoms with Crippen LogP contribution in [0.2, 0.25) is 5.02 Å². The number of hydrogen-bond donors (Lipinski definition) is 1. The largest absolute Gasteiger partial charge is 0.330 e. The second-order valence-corrected chi connectivity index (χ2v) is 8.92. The molecule has 0 saturated heterocycles. The van der Waals surface area contributed by atoms with E-state index < -0.39 is 16.5 Å². The van der Waals surface area contributed by atoms with Gasteiger partial charge in [0, 0.05) is 17.5 Å². The number of aryl methyl sites for hydroxylation is 1. The SMILES string of the molecule is CC(=O)N1N=C(c2cc(F)ccc2F)S[C@@]12c1cc(Cl)ccc1CC[C@H]2CCN. The van der Waals surface area contributed by atoms with Crippen LogP contribution in [0.5, 0.6) is 0 Å². The number of nitrogens with two attached hydrogens (primary N) is 1. The molecular formula is C21H20ClF2N3OS. The Labute approximate surface area is 177 Å². The lowest BCUT2D eigenvalue weighted by Gasteiger charge is -2.45. The van der Waals surface area contributed by atoms with Crippen LogP contribution in [0.1, 0.15) is 36.5 Å². The number of hydrazone groups is 1. The van der Waals surface area contributed by atoms with Crippen molar-refractivity contribution in [1.29, 1.82) is 0 Å². The third-order valence-corrected chi connectivity index (χ3v) is 7.27. The quantitative estimate of drug-likeness (QED) is 0.764. The van der Waals surface area contributed by atoms with Crippen molar-refractivity contribution in [3.05, 3.63) is 69.7 Å². The summed E-state index contributed by atoms with van der Waals surface area (Å²) in [6, 6.07) is 8.87. The Balaban J connectivity index is 1.91. The van der Waals surface area contributed by atoms with Gasteiger partial charge in [0.1, 0.15) is 21.5 Å². The molecule has 0 unspecified atom stereocenters. The molecule has 2 aliphatic rings. The van der Waals surface area contributed by atoms with E-state index in [0.29, 0.717) is 18.0 Å². The van der Waals surface area contributed by atoms with Crippen molar-refractivity contribution < 1.29 is 13.6 Å². The van der Waals surface area contributed by atoms with E-state index in [-0.39, 0.29) is 22.4 Å². The summed E-state index contributed by atoms with van der Waals surface area (Å²) < 4.78 is 28.3. The molecule has 1 aliphatic carbocycles. The lowest BCUT2D eigenvalue weighted by Crippen LogP contribution is -2.49. The highest BCUT2D eigenvalue weighted by Gasteiger charge is 2.55. The zero-order valence-electron chi connectivity index (χ0n) is 15.8. The molecule has 2 aromatic rings. The number of thioether (sulfide) groups is 1. The monoisotopic (exact) mass is 435 g/mol. The number of nitrogens with zero attached hydrogens (tertiary/aromatic N) is 2. The fourth-order valence-electron chi connectivity index (χ4n) is 4.26. The minimum absolute atomic E-state index is 0.00904. The number of rotatable bonds is 3. The van der Waals surface area contributed by atoms with Crippen molar-refractivity contribution in [3.8, 4) is 0 Å². The molecule has 1 amide bonds. The van der Waals surface area contributed by atoms with E-state index in [9.17, 15) is 13.6 Å². The summed E-state index contributed by atoms with van der Waals surface area (Å²) in [5.74, 6) is -1.44. The van der Waals surface area contributed by atoms with Gasteiger partial charge in [-0.25, -0.2) is 13.8 Å². The van der Waals surface area contributed by atoms with Gasteiger partial charge in [0.2, 0.25) is 5.91 Å². The first kappa shape index (κ1) is 20.3. The Hall–Kier alpha value is -1.96. The summed E-state index contributed by atoms with van der Waals surface area (Å²) in [5.41, 5.74) is 7.87. The summed E-state index contributed by atoms with van der Waals surface area (Å²) >= 11 is 7.59. The van der Waals surface area contributed by atoms with E-state index in [2.05, 4.69) is 5.10 Å². The molecule has 0 bridgehead atoms. The smallest absolute Gasteiger partial charge is 0.241 e. The lowest BCUT2D eigenvalue weighted by molar-refractivity contribution is -0.134. The van der Waals surface area contributed by atoms with Gasteiger partial charge in [0.05, 0.1) is 0 Å². The lowest BCUT2D eigenvalue weighted by atomic mass is 9.77. The third-order valence-electron chi connectivity index (χ3n) is 5.50. The number of carbonyl (C=O) groups is 1. The van der Waals surface area contributed by atoms with Crippen LogP contribution < -0.4 is 5.73 Å². The number of hydrogen-bond acceptors (Lipinski definition) is 4. The number of carbonyl (C=O) groups excluding carboxylic acids is 1. The van der Waals surface area contributed by atoms with Crippen molar-refractivity contribution in [3.63, 3.8) is 0 Å². The molecule has 0 fully saturated rings. The highest BCUT2D eigenvalue weighted by molar-refractivity contribution is 8.15. The van der Waals surface area contributed by atoms with Gasteiger partial charge < -0.3 is 5.73 Å². The molecule has 152 valence electrons. The van der Waals surface area contributed by atoms with Gasteiger partial charge in [-0.15, -0.1) is 0 Å². The van der Waals surface area contributed by atoms with E-state index in [1.807, 2.05) is 18.2 Å². The van der Waals surface area contributed by atoms with Crippen molar-refractivity contribution in [2.24, 2.45) is 16.8 Å². The average Bonchev–Trinajstić information content (AvgIpc) is 3.08. The van der Waals surface area contributed by atoms with E-state index in [4.69, 9.17) is 17.3 Å². The van der Waals surface area contributed by atoms with E-state index >= 15 is 0 Å². The van der Waals surface area contributed by atoms with Crippen LogP contribution in [0.3, 0.4) is 0 Å². The molecule has 4 nitrogen and oxygen atoms in total. The van der Waals surface area contributed by atoms with E-state index in [1.165, 1.54) is 23.7 Å². The van der Waals surface area contributed by atoms with Gasteiger partial charge in [-0.1, -0.05) is 29.4 Å². The van der Waals surface area contributed by atoms with Crippen LogP contribution in [0.4, 0.5) is 8.78 Å². The second-order valence-electron chi connectivity index (χ2n) is 7.27. The van der Waals surface area contributed by atoms with Crippen LogP contribution in [-0.2, 0) is 16.1 Å². The van der Waals surface area contributed by atoms with Crippen molar-refractivity contribution in [2.75, 3.05) is 6.54 Å². The Morgan fingerprint density at radius 3 is 2.86 bits per heavy atom. The summed E-state index contributed by atoms with van der Waals surface area (Å²) in [4.78, 5) is 11.8. The van der Waals surface area contributed by atoms with Gasteiger partial charge in [-0.3, -0.25) is 4.79 Å². The molecule has 1 aliphatic heterocycles. The third kappa shape index (κ3) is 3.35. The maximum Gasteiger partial charge on any atom is 0.241 e. The predicted molar refractivity (Wildman–Crippen MR) is 112 cm³/mol. The molecule has 0 radical (unpaired) electrons. The van der Waals surface area contributed by atoms with Crippen molar-refractivity contribution >= 4 is 34.3 Å². The molecular weight excluding hydrogens is 416 g/mol. The van der Waals surface area contributed by atoms with Gasteiger partial charge in [-0.05, 0) is 73.2 Å². The zero-order valence-corrected chi connectivity index (χ0v) is 17.4. The minimum Gasteiger partial charge on any atom is -0.330 e. The molecule has 0 saturated carbocycles. The molecule has 2 aromatic carbocycles. The summed E-state index contributed by atoms with van der Waals surface area (Å²) in [6.07, 6.45) is 2.29. The van der Waals surface area contributed by atoms with Crippen molar-refractivity contribution in [1.82, 2.24) is 5.01 Å². The normalized spacial score (nSPS) is 23.3. The molecule has 1 heterocycles. The van der Waals surface area contributed by atoms with Gasteiger partial charge in [-0.2, -0.15) is 5.10 Å². The summed E-state index contributed by atoms with van der Waals surface area (Å²) in [5, 5.41) is 6.70. The van der Waals surface area contributed by atoms with Gasteiger partial charge in [0.25, 0.3) is 0 Å². The average molecular weight is 436 g/mol. The van der Waals surface area contributed by atoms with Crippen LogP contribution in [0.15, 0.2) is 41.5 Å². The van der Waals surface area contributed by atoms with Crippen LogP contribution in [-0.4, -0.2) is 22.5 Å². The maximum atomic E-state index is 14.5. The highest BCUT2D eigenvalue weighted by atomic mass is 35.5. The molecule has 4 rings (SSSR count). The summed E-state index contributed by atoms with van der Waals surface area (Å²) in [7, 11) is 0. The van der Waals surface area contributed by atoms with Gasteiger partial charge in [0.15, 0.2) is 0 Å². The fraction of sp³-hybridized carbons (Fsp3) is 0.333. The summed E-state index contributed by atoms with van der Waals surface area (Å²) in [6.45, 7) is 1.87. The molecule has 0 aromatic heterocycles. The number of amides is 1.